The molecule has 0 spiro atoms. The molecule has 2 aromatic carbocycles. The number of carbonyl (C=O) groups is 2. The van der Waals surface area contributed by atoms with Crippen molar-refractivity contribution < 1.29 is 23.5 Å². The maximum absolute atomic E-state index is 13.9. The van der Waals surface area contributed by atoms with E-state index in [4.69, 9.17) is 0 Å². The van der Waals surface area contributed by atoms with E-state index in [1.807, 2.05) is 31.2 Å². The van der Waals surface area contributed by atoms with E-state index in [-0.39, 0.29) is 13.1 Å². The van der Waals surface area contributed by atoms with E-state index in [0.29, 0.717) is 0 Å². The molecule has 1 heterocycles. The van der Waals surface area contributed by atoms with Gasteiger partial charge >= 0.3 is 5.97 Å². The van der Waals surface area contributed by atoms with E-state index in [1.165, 1.54) is 11.0 Å². The first kappa shape index (κ1) is 17.1. The van der Waals surface area contributed by atoms with Crippen molar-refractivity contribution in [1.29, 1.82) is 0 Å². The van der Waals surface area contributed by atoms with Gasteiger partial charge in [0.25, 0.3) is 5.91 Å². The molecule has 1 aliphatic heterocycles. The van der Waals surface area contributed by atoms with Gasteiger partial charge in [-0.2, -0.15) is 0 Å². The SMILES string of the molecule is Cc1ccccc1[C@@H]1CN(C(=O)c2c(F)cccc2F)C[C@H]1C(=O)O. The van der Waals surface area contributed by atoms with Crippen LogP contribution < -0.4 is 0 Å². The summed E-state index contributed by atoms with van der Waals surface area (Å²) in [5, 5.41) is 9.53. The second-order valence-electron chi connectivity index (χ2n) is 6.21. The number of carbonyl (C=O) groups excluding carboxylic acids is 1. The van der Waals surface area contributed by atoms with Gasteiger partial charge in [-0.05, 0) is 30.2 Å². The highest BCUT2D eigenvalue weighted by Crippen LogP contribution is 2.35. The first-order valence-electron chi connectivity index (χ1n) is 7.91. The van der Waals surface area contributed by atoms with E-state index >= 15 is 0 Å². The second kappa shape index (κ2) is 6.63. The molecule has 0 aromatic heterocycles. The molecular weight excluding hydrogens is 328 g/mol. The van der Waals surface area contributed by atoms with Gasteiger partial charge in [-0.1, -0.05) is 30.3 Å². The lowest BCUT2D eigenvalue weighted by Crippen LogP contribution is -2.31. The molecule has 130 valence electrons. The fourth-order valence-corrected chi connectivity index (χ4v) is 3.40. The number of rotatable bonds is 3. The largest absolute Gasteiger partial charge is 0.481 e. The minimum absolute atomic E-state index is 0.0824. The number of benzene rings is 2. The third-order valence-electron chi connectivity index (χ3n) is 4.69. The number of hydrogen-bond donors (Lipinski definition) is 1. The third kappa shape index (κ3) is 3.12. The normalized spacial score (nSPS) is 19.9. The molecule has 1 fully saturated rings. The number of carboxylic acids is 1. The Morgan fingerprint density at radius 1 is 1.04 bits per heavy atom. The number of aliphatic carboxylic acids is 1. The zero-order valence-electron chi connectivity index (χ0n) is 13.6. The molecule has 3 rings (SSSR count). The molecule has 25 heavy (non-hydrogen) atoms. The highest BCUT2D eigenvalue weighted by atomic mass is 19.1. The quantitative estimate of drug-likeness (QED) is 0.929. The lowest BCUT2D eigenvalue weighted by molar-refractivity contribution is -0.141. The average Bonchev–Trinajstić information content (AvgIpc) is 3.00. The van der Waals surface area contributed by atoms with Crippen molar-refractivity contribution in [2.75, 3.05) is 13.1 Å². The van der Waals surface area contributed by atoms with E-state index in [2.05, 4.69) is 0 Å². The zero-order chi connectivity index (χ0) is 18.1. The Bertz CT molecular complexity index is 817. The van der Waals surface area contributed by atoms with Gasteiger partial charge in [0.2, 0.25) is 0 Å². The number of carboxylic acid groups (broad SMARTS) is 1. The summed E-state index contributed by atoms with van der Waals surface area (Å²) in [6, 6.07) is 10.6. The predicted molar refractivity (Wildman–Crippen MR) is 87.3 cm³/mol. The summed E-state index contributed by atoms with van der Waals surface area (Å²) >= 11 is 0. The molecular formula is C19H17F2NO3. The van der Waals surface area contributed by atoms with Gasteiger partial charge in [0.05, 0.1) is 5.92 Å². The lowest BCUT2D eigenvalue weighted by Gasteiger charge is -2.18. The van der Waals surface area contributed by atoms with Crippen LogP contribution in [0.1, 0.15) is 27.4 Å². The van der Waals surface area contributed by atoms with Crippen molar-refractivity contribution in [3.05, 3.63) is 70.8 Å². The maximum atomic E-state index is 13.9. The van der Waals surface area contributed by atoms with E-state index in [9.17, 15) is 23.5 Å². The van der Waals surface area contributed by atoms with Crippen LogP contribution in [0.3, 0.4) is 0 Å². The van der Waals surface area contributed by atoms with Crippen LogP contribution in [0.25, 0.3) is 0 Å². The van der Waals surface area contributed by atoms with Gasteiger partial charge < -0.3 is 10.0 Å². The summed E-state index contributed by atoms with van der Waals surface area (Å²) < 4.78 is 27.8. The molecule has 0 saturated carbocycles. The minimum Gasteiger partial charge on any atom is -0.481 e. The Labute approximate surface area is 143 Å². The fraction of sp³-hybridized carbons (Fsp3) is 0.263. The Hall–Kier alpha value is -2.76. The Morgan fingerprint density at radius 2 is 1.68 bits per heavy atom. The van der Waals surface area contributed by atoms with Crippen LogP contribution in [0.5, 0.6) is 0 Å². The van der Waals surface area contributed by atoms with Crippen LogP contribution in [-0.2, 0) is 4.79 Å². The Kier molecular flexibility index (Phi) is 4.53. The molecule has 4 nitrogen and oxygen atoms in total. The molecule has 6 heteroatoms. The number of halogens is 2. The van der Waals surface area contributed by atoms with Crippen molar-refractivity contribution >= 4 is 11.9 Å². The van der Waals surface area contributed by atoms with Crippen molar-refractivity contribution in [3.8, 4) is 0 Å². The molecule has 1 amide bonds. The lowest BCUT2D eigenvalue weighted by atomic mass is 9.86. The summed E-state index contributed by atoms with van der Waals surface area (Å²) in [6.07, 6.45) is 0. The van der Waals surface area contributed by atoms with Crippen molar-refractivity contribution in [2.45, 2.75) is 12.8 Å². The first-order valence-corrected chi connectivity index (χ1v) is 7.91. The van der Waals surface area contributed by atoms with E-state index < -0.39 is 40.9 Å². The summed E-state index contributed by atoms with van der Waals surface area (Å²) in [6.45, 7) is 1.89. The molecule has 2 aromatic rings. The number of nitrogens with zero attached hydrogens (tertiary/aromatic N) is 1. The summed E-state index contributed by atoms with van der Waals surface area (Å²) in [5.74, 6) is -4.99. The van der Waals surface area contributed by atoms with Crippen molar-refractivity contribution in [1.82, 2.24) is 4.90 Å². The number of amides is 1. The third-order valence-corrected chi connectivity index (χ3v) is 4.69. The summed E-state index contributed by atoms with van der Waals surface area (Å²) in [5.41, 5.74) is 1.11. The van der Waals surface area contributed by atoms with Crippen LogP contribution in [0.15, 0.2) is 42.5 Å². The van der Waals surface area contributed by atoms with Crippen LogP contribution in [0.4, 0.5) is 8.78 Å². The van der Waals surface area contributed by atoms with Crippen LogP contribution >= 0.6 is 0 Å². The van der Waals surface area contributed by atoms with Gasteiger partial charge in [0, 0.05) is 19.0 Å². The molecule has 1 aliphatic rings. The number of hydrogen-bond acceptors (Lipinski definition) is 2. The smallest absolute Gasteiger partial charge is 0.308 e. The number of likely N-dealkylation sites (tertiary alicyclic amines) is 1. The molecule has 0 unspecified atom stereocenters. The fourth-order valence-electron chi connectivity index (χ4n) is 3.40. The van der Waals surface area contributed by atoms with Gasteiger partial charge in [-0.15, -0.1) is 0 Å². The van der Waals surface area contributed by atoms with Crippen LogP contribution in [0.2, 0.25) is 0 Å². The van der Waals surface area contributed by atoms with E-state index in [0.717, 1.165) is 23.3 Å². The predicted octanol–water partition coefficient (Wildman–Crippen LogP) is 3.21. The topological polar surface area (TPSA) is 57.6 Å². The van der Waals surface area contributed by atoms with Gasteiger partial charge in [-0.3, -0.25) is 9.59 Å². The molecule has 1 saturated heterocycles. The molecule has 2 atom stereocenters. The molecule has 0 aliphatic carbocycles. The number of aryl methyl sites for hydroxylation is 1. The van der Waals surface area contributed by atoms with Crippen LogP contribution in [0, 0.1) is 24.5 Å². The minimum atomic E-state index is -1.03. The molecule has 0 bridgehead atoms. The summed E-state index contributed by atoms with van der Waals surface area (Å²) in [4.78, 5) is 25.4. The highest BCUT2D eigenvalue weighted by molar-refractivity contribution is 5.95. The Morgan fingerprint density at radius 3 is 2.28 bits per heavy atom. The maximum Gasteiger partial charge on any atom is 0.308 e. The second-order valence-corrected chi connectivity index (χ2v) is 6.21. The molecule has 1 N–H and O–H groups in total. The van der Waals surface area contributed by atoms with Gasteiger partial charge in [-0.25, -0.2) is 8.78 Å². The molecule has 0 radical (unpaired) electrons. The average molecular weight is 345 g/mol. The standard InChI is InChI=1S/C19H17F2NO3/c1-11-5-2-3-6-12(11)13-9-22(10-14(13)19(24)25)18(23)17-15(20)7-4-8-16(17)21/h2-8,13-14H,9-10H2,1H3,(H,24,25)/t13-,14+/m0/s1. The summed E-state index contributed by atoms with van der Waals surface area (Å²) in [7, 11) is 0. The zero-order valence-corrected chi connectivity index (χ0v) is 13.6. The van der Waals surface area contributed by atoms with Crippen molar-refractivity contribution in [2.24, 2.45) is 5.92 Å². The first-order chi connectivity index (χ1) is 11.9. The van der Waals surface area contributed by atoms with E-state index in [1.54, 1.807) is 0 Å². The highest BCUT2D eigenvalue weighted by Gasteiger charge is 2.42. The van der Waals surface area contributed by atoms with Gasteiger partial charge in [0.1, 0.15) is 17.2 Å². The van der Waals surface area contributed by atoms with Crippen molar-refractivity contribution in [3.63, 3.8) is 0 Å². The van der Waals surface area contributed by atoms with Gasteiger partial charge in [0.15, 0.2) is 0 Å². The Balaban J connectivity index is 1.94. The van der Waals surface area contributed by atoms with Crippen LogP contribution in [-0.4, -0.2) is 35.0 Å². The monoisotopic (exact) mass is 345 g/mol.